The highest BCUT2D eigenvalue weighted by Gasteiger charge is 2.09. The fourth-order valence-electron chi connectivity index (χ4n) is 1.91. The Hall–Kier alpha value is -2.36. The summed E-state index contributed by atoms with van der Waals surface area (Å²) in [5.41, 5.74) is 1.78. The Labute approximate surface area is 98.2 Å². The second kappa shape index (κ2) is 3.59. The summed E-state index contributed by atoms with van der Waals surface area (Å²) in [7, 11) is 0. The highest BCUT2D eigenvalue weighted by Crippen LogP contribution is 2.24. The lowest BCUT2D eigenvalue weighted by atomic mass is 10.2. The van der Waals surface area contributed by atoms with E-state index in [1.807, 2.05) is 31.2 Å². The molecule has 0 aliphatic heterocycles. The van der Waals surface area contributed by atoms with Crippen molar-refractivity contribution in [2.45, 2.75) is 6.92 Å². The van der Waals surface area contributed by atoms with Crippen LogP contribution in [0, 0.1) is 6.92 Å². The van der Waals surface area contributed by atoms with Gasteiger partial charge in [-0.25, -0.2) is 9.67 Å². The molecular weight excluding hydrogens is 214 g/mol. The van der Waals surface area contributed by atoms with E-state index in [1.54, 1.807) is 23.0 Å². The second-order valence-electron chi connectivity index (χ2n) is 3.89. The lowest BCUT2D eigenvalue weighted by Crippen LogP contribution is -1.98. The van der Waals surface area contributed by atoms with Crippen molar-refractivity contribution >= 4 is 10.9 Å². The molecule has 0 aliphatic rings. The van der Waals surface area contributed by atoms with E-state index in [9.17, 15) is 5.11 Å². The molecule has 0 fully saturated rings. The third-order valence-corrected chi connectivity index (χ3v) is 2.72. The number of hydrogen-bond donors (Lipinski definition) is 1. The normalized spacial score (nSPS) is 10.9. The number of phenolic OH excluding ortho intramolecular Hbond substituents is 1. The van der Waals surface area contributed by atoms with Crippen molar-refractivity contribution in [1.82, 2.24) is 14.8 Å². The molecule has 0 spiro atoms. The van der Waals surface area contributed by atoms with E-state index in [4.69, 9.17) is 0 Å². The highest BCUT2D eigenvalue weighted by atomic mass is 16.3. The smallest absolute Gasteiger partial charge is 0.153 e. The SMILES string of the molecule is Cc1nn(-c2ccccn2)c2cc(O)ccc12. The Morgan fingerprint density at radius 3 is 2.82 bits per heavy atom. The first-order valence-electron chi connectivity index (χ1n) is 5.35. The number of pyridine rings is 1. The van der Waals surface area contributed by atoms with Gasteiger partial charge in [-0.15, -0.1) is 0 Å². The Kier molecular flexibility index (Phi) is 2.08. The minimum Gasteiger partial charge on any atom is -0.508 e. The highest BCUT2D eigenvalue weighted by molar-refractivity contribution is 5.84. The van der Waals surface area contributed by atoms with E-state index in [0.717, 1.165) is 22.4 Å². The first kappa shape index (κ1) is 9.84. The molecule has 3 rings (SSSR count). The molecule has 0 radical (unpaired) electrons. The predicted octanol–water partition coefficient (Wildman–Crippen LogP) is 2.43. The quantitative estimate of drug-likeness (QED) is 0.692. The van der Waals surface area contributed by atoms with Gasteiger partial charge >= 0.3 is 0 Å². The molecule has 84 valence electrons. The van der Waals surface area contributed by atoms with Crippen molar-refractivity contribution < 1.29 is 5.11 Å². The molecule has 0 aliphatic carbocycles. The fraction of sp³-hybridized carbons (Fsp3) is 0.0769. The standard InChI is InChI=1S/C13H11N3O/c1-9-11-6-5-10(17)8-12(11)16(15-9)13-4-2-3-7-14-13/h2-8,17H,1H3. The average molecular weight is 225 g/mol. The maximum absolute atomic E-state index is 9.55. The monoisotopic (exact) mass is 225 g/mol. The van der Waals surface area contributed by atoms with Gasteiger partial charge in [0.2, 0.25) is 0 Å². The molecule has 0 unspecified atom stereocenters. The number of benzene rings is 1. The molecule has 4 nitrogen and oxygen atoms in total. The summed E-state index contributed by atoms with van der Waals surface area (Å²) in [4.78, 5) is 4.26. The van der Waals surface area contributed by atoms with E-state index in [1.165, 1.54) is 0 Å². The van der Waals surface area contributed by atoms with Gasteiger partial charge < -0.3 is 5.11 Å². The Balaban J connectivity index is 2.34. The van der Waals surface area contributed by atoms with Crippen LogP contribution in [0.3, 0.4) is 0 Å². The fourth-order valence-corrected chi connectivity index (χ4v) is 1.91. The van der Waals surface area contributed by atoms with Crippen molar-refractivity contribution in [3.8, 4) is 11.6 Å². The summed E-state index contributed by atoms with van der Waals surface area (Å²) in [6.07, 6.45) is 1.72. The van der Waals surface area contributed by atoms with Crippen LogP contribution in [0.2, 0.25) is 0 Å². The molecule has 0 atom stereocenters. The van der Waals surface area contributed by atoms with Gasteiger partial charge in [-0.1, -0.05) is 6.07 Å². The van der Waals surface area contributed by atoms with Crippen LogP contribution >= 0.6 is 0 Å². The van der Waals surface area contributed by atoms with Crippen LogP contribution in [-0.2, 0) is 0 Å². The van der Waals surface area contributed by atoms with E-state index < -0.39 is 0 Å². The molecule has 1 N–H and O–H groups in total. The predicted molar refractivity (Wildman–Crippen MR) is 65.3 cm³/mol. The number of aromatic nitrogens is 3. The Morgan fingerprint density at radius 2 is 2.06 bits per heavy atom. The number of phenols is 1. The summed E-state index contributed by atoms with van der Waals surface area (Å²) in [5.74, 6) is 0.978. The van der Waals surface area contributed by atoms with Crippen LogP contribution < -0.4 is 0 Å². The third-order valence-electron chi connectivity index (χ3n) is 2.72. The summed E-state index contributed by atoms with van der Waals surface area (Å²) < 4.78 is 1.74. The minimum atomic E-state index is 0.231. The van der Waals surface area contributed by atoms with Crippen LogP contribution in [0.15, 0.2) is 42.6 Å². The molecule has 1 aromatic carbocycles. The summed E-state index contributed by atoms with van der Waals surface area (Å²) >= 11 is 0. The van der Waals surface area contributed by atoms with E-state index in [2.05, 4.69) is 10.1 Å². The third kappa shape index (κ3) is 1.54. The Bertz CT molecular complexity index is 674. The van der Waals surface area contributed by atoms with Crippen LogP contribution in [0.5, 0.6) is 5.75 Å². The number of hydrogen-bond acceptors (Lipinski definition) is 3. The molecule has 0 amide bonds. The summed E-state index contributed by atoms with van der Waals surface area (Å²) in [6.45, 7) is 1.94. The topological polar surface area (TPSA) is 50.9 Å². The molecule has 4 heteroatoms. The molecule has 0 saturated carbocycles. The first-order valence-corrected chi connectivity index (χ1v) is 5.35. The van der Waals surface area contributed by atoms with E-state index in [-0.39, 0.29) is 5.75 Å². The summed E-state index contributed by atoms with van der Waals surface area (Å²) in [6, 6.07) is 10.9. The number of nitrogens with zero attached hydrogens (tertiary/aromatic N) is 3. The van der Waals surface area contributed by atoms with Crippen LogP contribution in [0.25, 0.3) is 16.7 Å². The Morgan fingerprint density at radius 1 is 1.18 bits per heavy atom. The molecule has 0 saturated heterocycles. The maximum atomic E-state index is 9.55. The van der Waals surface area contributed by atoms with E-state index >= 15 is 0 Å². The van der Waals surface area contributed by atoms with Crippen molar-refractivity contribution in [3.05, 3.63) is 48.3 Å². The number of aromatic hydroxyl groups is 1. The zero-order chi connectivity index (χ0) is 11.8. The van der Waals surface area contributed by atoms with Crippen molar-refractivity contribution in [1.29, 1.82) is 0 Å². The average Bonchev–Trinajstić information content (AvgIpc) is 2.67. The molecule has 3 aromatic rings. The first-order chi connectivity index (χ1) is 8.25. The van der Waals surface area contributed by atoms with Gasteiger partial charge in [0.05, 0.1) is 11.2 Å². The van der Waals surface area contributed by atoms with Crippen LogP contribution in [0.1, 0.15) is 5.69 Å². The number of aryl methyl sites for hydroxylation is 1. The summed E-state index contributed by atoms with van der Waals surface area (Å²) in [5, 5.41) is 15.0. The molecule has 2 heterocycles. The number of rotatable bonds is 1. The zero-order valence-electron chi connectivity index (χ0n) is 9.33. The van der Waals surface area contributed by atoms with Crippen molar-refractivity contribution in [3.63, 3.8) is 0 Å². The van der Waals surface area contributed by atoms with Crippen LogP contribution in [0.4, 0.5) is 0 Å². The van der Waals surface area contributed by atoms with Gasteiger partial charge in [-0.3, -0.25) is 0 Å². The molecule has 2 aromatic heterocycles. The maximum Gasteiger partial charge on any atom is 0.153 e. The molecule has 17 heavy (non-hydrogen) atoms. The van der Waals surface area contributed by atoms with Crippen LogP contribution in [-0.4, -0.2) is 19.9 Å². The van der Waals surface area contributed by atoms with Gasteiger partial charge in [-0.05, 0) is 31.2 Å². The zero-order valence-corrected chi connectivity index (χ0v) is 9.33. The van der Waals surface area contributed by atoms with Crippen molar-refractivity contribution in [2.75, 3.05) is 0 Å². The molecular formula is C13H11N3O. The lowest BCUT2D eigenvalue weighted by Gasteiger charge is -2.01. The van der Waals surface area contributed by atoms with Gasteiger partial charge in [0.1, 0.15) is 5.75 Å². The minimum absolute atomic E-state index is 0.231. The van der Waals surface area contributed by atoms with Crippen molar-refractivity contribution in [2.24, 2.45) is 0 Å². The molecule has 0 bridgehead atoms. The van der Waals surface area contributed by atoms with Gasteiger partial charge in [-0.2, -0.15) is 5.10 Å². The van der Waals surface area contributed by atoms with Gasteiger partial charge in [0.25, 0.3) is 0 Å². The second-order valence-corrected chi connectivity index (χ2v) is 3.89. The van der Waals surface area contributed by atoms with E-state index in [0.29, 0.717) is 0 Å². The van der Waals surface area contributed by atoms with Gasteiger partial charge in [0.15, 0.2) is 5.82 Å². The number of fused-ring (bicyclic) bond motifs is 1. The lowest BCUT2D eigenvalue weighted by molar-refractivity contribution is 0.476. The largest absolute Gasteiger partial charge is 0.508 e. The van der Waals surface area contributed by atoms with Gasteiger partial charge in [0, 0.05) is 17.6 Å².